The molecule has 0 aliphatic rings. The van der Waals surface area contributed by atoms with Gasteiger partial charge in [0.25, 0.3) is 5.69 Å². The molecule has 1 aromatic carbocycles. The van der Waals surface area contributed by atoms with Crippen molar-refractivity contribution in [2.75, 3.05) is 0 Å². The number of nitrogens with zero attached hydrogens (tertiary/aromatic N) is 2. The summed E-state index contributed by atoms with van der Waals surface area (Å²) in [7, 11) is 0. The quantitative estimate of drug-likeness (QED) is 0.642. The minimum Gasteiger partial charge on any atom is -0.476 e. The predicted octanol–water partition coefficient (Wildman–Crippen LogP) is 1.95. The fourth-order valence-electron chi connectivity index (χ4n) is 1.26. The van der Waals surface area contributed by atoms with E-state index in [2.05, 4.69) is 5.16 Å². The fourth-order valence-corrected chi connectivity index (χ4v) is 1.26. The predicted molar refractivity (Wildman–Crippen MR) is 55.6 cm³/mol. The van der Waals surface area contributed by atoms with Gasteiger partial charge in [0.2, 0.25) is 0 Å². The summed E-state index contributed by atoms with van der Waals surface area (Å²) in [5, 5.41) is 22.4. The lowest BCUT2D eigenvalue weighted by atomic mass is 10.1. The minimum absolute atomic E-state index is 0.0493. The van der Waals surface area contributed by atoms with Gasteiger partial charge in [-0.1, -0.05) is 5.16 Å². The molecule has 0 spiro atoms. The first-order valence-electron chi connectivity index (χ1n) is 4.53. The van der Waals surface area contributed by atoms with Gasteiger partial charge in [-0.2, -0.15) is 0 Å². The van der Waals surface area contributed by atoms with Crippen molar-refractivity contribution in [3.8, 4) is 11.3 Å². The van der Waals surface area contributed by atoms with E-state index in [9.17, 15) is 14.9 Å². The topological polar surface area (TPSA) is 106 Å². The van der Waals surface area contributed by atoms with E-state index in [1.165, 1.54) is 30.3 Å². The molecule has 1 N–H and O–H groups in total. The molecule has 0 fully saturated rings. The number of rotatable bonds is 3. The lowest BCUT2D eigenvalue weighted by Gasteiger charge is -1.94. The van der Waals surface area contributed by atoms with Gasteiger partial charge in [-0.3, -0.25) is 10.1 Å². The molecule has 1 aromatic heterocycles. The van der Waals surface area contributed by atoms with Crippen LogP contribution >= 0.6 is 0 Å². The maximum absolute atomic E-state index is 10.6. The molecule has 17 heavy (non-hydrogen) atoms. The van der Waals surface area contributed by atoms with Gasteiger partial charge >= 0.3 is 5.97 Å². The molecule has 7 nitrogen and oxygen atoms in total. The molecule has 86 valence electrons. The van der Waals surface area contributed by atoms with E-state index in [1.807, 2.05) is 0 Å². The number of carboxylic acids is 1. The largest absolute Gasteiger partial charge is 0.476 e. The SMILES string of the molecule is O=C(O)c1cc(-c2ccc([N+](=O)[O-])cc2)on1. The Morgan fingerprint density at radius 3 is 2.47 bits per heavy atom. The second-order valence-corrected chi connectivity index (χ2v) is 3.19. The number of carbonyl (C=O) groups is 1. The zero-order chi connectivity index (χ0) is 12.4. The van der Waals surface area contributed by atoms with E-state index in [0.29, 0.717) is 5.56 Å². The maximum Gasteiger partial charge on any atom is 0.358 e. The molecule has 0 aliphatic heterocycles. The zero-order valence-electron chi connectivity index (χ0n) is 8.36. The van der Waals surface area contributed by atoms with Crippen LogP contribution in [0.2, 0.25) is 0 Å². The van der Waals surface area contributed by atoms with Crippen LogP contribution in [0.15, 0.2) is 34.9 Å². The number of aromatic nitrogens is 1. The monoisotopic (exact) mass is 234 g/mol. The zero-order valence-corrected chi connectivity index (χ0v) is 8.36. The Bertz CT molecular complexity index is 573. The highest BCUT2D eigenvalue weighted by Gasteiger charge is 2.13. The summed E-state index contributed by atoms with van der Waals surface area (Å²) in [6.07, 6.45) is 0. The Kier molecular flexibility index (Phi) is 2.57. The highest BCUT2D eigenvalue weighted by Crippen LogP contribution is 2.22. The normalized spacial score (nSPS) is 10.1. The Morgan fingerprint density at radius 2 is 2.00 bits per heavy atom. The van der Waals surface area contributed by atoms with E-state index in [-0.39, 0.29) is 17.1 Å². The van der Waals surface area contributed by atoms with Crippen LogP contribution in [0, 0.1) is 10.1 Å². The summed E-state index contributed by atoms with van der Waals surface area (Å²) in [6.45, 7) is 0. The van der Waals surface area contributed by atoms with Crippen molar-refractivity contribution in [1.82, 2.24) is 5.16 Å². The average molecular weight is 234 g/mol. The molecule has 1 heterocycles. The molecule has 7 heteroatoms. The van der Waals surface area contributed by atoms with Crippen molar-refractivity contribution in [3.05, 3.63) is 46.1 Å². The maximum atomic E-state index is 10.6. The summed E-state index contributed by atoms with van der Waals surface area (Å²) in [5.74, 6) is -0.945. The Hall–Kier alpha value is -2.70. The second-order valence-electron chi connectivity index (χ2n) is 3.19. The van der Waals surface area contributed by atoms with E-state index in [4.69, 9.17) is 9.63 Å². The first-order valence-corrected chi connectivity index (χ1v) is 4.53. The number of carboxylic acid groups (broad SMARTS) is 1. The van der Waals surface area contributed by atoms with Gasteiger partial charge in [-0.05, 0) is 12.1 Å². The van der Waals surface area contributed by atoms with Crippen molar-refractivity contribution in [2.24, 2.45) is 0 Å². The van der Waals surface area contributed by atoms with E-state index in [1.54, 1.807) is 0 Å². The Balaban J connectivity index is 2.33. The molecule has 0 bridgehead atoms. The number of benzene rings is 1. The Labute approximate surface area is 94.4 Å². The van der Waals surface area contributed by atoms with Gasteiger partial charge < -0.3 is 9.63 Å². The van der Waals surface area contributed by atoms with Crippen molar-refractivity contribution < 1.29 is 19.3 Å². The molecular formula is C10H6N2O5. The first-order chi connectivity index (χ1) is 8.08. The molecule has 0 atom stereocenters. The first kappa shape index (κ1) is 10.8. The van der Waals surface area contributed by atoms with Crippen LogP contribution in [0.1, 0.15) is 10.5 Å². The molecule has 0 aliphatic carbocycles. The van der Waals surface area contributed by atoms with Crippen LogP contribution < -0.4 is 0 Å². The van der Waals surface area contributed by atoms with Crippen molar-refractivity contribution >= 4 is 11.7 Å². The molecule has 2 rings (SSSR count). The molecular weight excluding hydrogens is 228 g/mol. The molecule has 0 saturated carbocycles. The summed E-state index contributed by atoms with van der Waals surface area (Å²) < 4.78 is 4.81. The highest BCUT2D eigenvalue weighted by atomic mass is 16.6. The lowest BCUT2D eigenvalue weighted by Crippen LogP contribution is -1.94. The molecule has 0 amide bonds. The van der Waals surface area contributed by atoms with Crippen LogP contribution in [0.5, 0.6) is 0 Å². The number of non-ortho nitro benzene ring substituents is 1. The summed E-state index contributed by atoms with van der Waals surface area (Å²) >= 11 is 0. The van der Waals surface area contributed by atoms with Crippen molar-refractivity contribution in [1.29, 1.82) is 0 Å². The number of aromatic carboxylic acids is 1. The van der Waals surface area contributed by atoms with Gasteiger partial charge in [-0.15, -0.1) is 0 Å². The number of hydrogen-bond donors (Lipinski definition) is 1. The minimum atomic E-state index is -1.19. The van der Waals surface area contributed by atoms with Crippen LogP contribution in [0.3, 0.4) is 0 Å². The van der Waals surface area contributed by atoms with Crippen LogP contribution in [-0.2, 0) is 0 Å². The summed E-state index contributed by atoms with van der Waals surface area (Å²) in [6, 6.07) is 6.79. The van der Waals surface area contributed by atoms with Crippen LogP contribution in [0.4, 0.5) is 5.69 Å². The average Bonchev–Trinajstić information content (AvgIpc) is 2.78. The van der Waals surface area contributed by atoms with E-state index >= 15 is 0 Å². The van der Waals surface area contributed by atoms with Crippen LogP contribution in [0.25, 0.3) is 11.3 Å². The van der Waals surface area contributed by atoms with Gasteiger partial charge in [-0.25, -0.2) is 4.79 Å². The number of hydrogen-bond acceptors (Lipinski definition) is 5. The fraction of sp³-hybridized carbons (Fsp3) is 0. The summed E-state index contributed by atoms with van der Waals surface area (Å²) in [4.78, 5) is 20.5. The van der Waals surface area contributed by atoms with Gasteiger partial charge in [0.1, 0.15) is 0 Å². The lowest BCUT2D eigenvalue weighted by molar-refractivity contribution is -0.384. The van der Waals surface area contributed by atoms with Gasteiger partial charge in [0.15, 0.2) is 11.5 Å². The summed E-state index contributed by atoms with van der Waals surface area (Å²) in [5.41, 5.74) is 0.265. The van der Waals surface area contributed by atoms with E-state index < -0.39 is 10.9 Å². The van der Waals surface area contributed by atoms with E-state index in [0.717, 1.165) is 0 Å². The molecule has 2 aromatic rings. The standard InChI is InChI=1S/C10H6N2O5/c13-10(14)8-5-9(17-11-8)6-1-3-7(4-2-6)12(15)16/h1-5H,(H,13,14). The van der Waals surface area contributed by atoms with Gasteiger partial charge in [0.05, 0.1) is 4.92 Å². The molecule has 0 saturated heterocycles. The van der Waals surface area contributed by atoms with Gasteiger partial charge in [0, 0.05) is 23.8 Å². The van der Waals surface area contributed by atoms with Crippen LogP contribution in [-0.4, -0.2) is 21.2 Å². The highest BCUT2D eigenvalue weighted by molar-refractivity contribution is 5.86. The second kappa shape index (κ2) is 4.05. The molecule has 0 unspecified atom stereocenters. The van der Waals surface area contributed by atoms with Crippen molar-refractivity contribution in [3.63, 3.8) is 0 Å². The Morgan fingerprint density at radius 1 is 1.35 bits per heavy atom. The third kappa shape index (κ3) is 2.12. The molecule has 0 radical (unpaired) electrons. The number of nitro groups is 1. The third-order valence-corrected chi connectivity index (χ3v) is 2.09. The number of nitro benzene ring substituents is 1. The smallest absolute Gasteiger partial charge is 0.358 e. The van der Waals surface area contributed by atoms with Crippen molar-refractivity contribution in [2.45, 2.75) is 0 Å². The third-order valence-electron chi connectivity index (χ3n) is 2.09.